The van der Waals surface area contributed by atoms with E-state index in [-0.39, 0.29) is 6.61 Å². The van der Waals surface area contributed by atoms with E-state index in [1.807, 2.05) is 17.7 Å². The van der Waals surface area contributed by atoms with Gasteiger partial charge in [-0.05, 0) is 19.8 Å². The minimum Gasteiger partial charge on any atom is -0.396 e. The molecule has 0 aliphatic heterocycles. The highest BCUT2D eigenvalue weighted by Gasteiger charge is 2.11. The molecular weight excluding hydrogens is 168 g/mol. The van der Waals surface area contributed by atoms with Gasteiger partial charge in [0.05, 0.1) is 0 Å². The number of rotatable bonds is 5. The molecule has 0 aliphatic rings. The average molecular weight is 184 g/mol. The molecule has 1 rings (SSSR count). The summed E-state index contributed by atoms with van der Waals surface area (Å²) >= 11 is 0. The van der Waals surface area contributed by atoms with Gasteiger partial charge in [-0.15, -0.1) is 0 Å². The summed E-state index contributed by atoms with van der Waals surface area (Å²) in [4.78, 5) is 4.07. The topological polar surface area (TPSA) is 58.3 Å². The van der Waals surface area contributed by atoms with Gasteiger partial charge in [-0.1, -0.05) is 0 Å². The maximum atomic E-state index is 9.66. The molecule has 13 heavy (non-hydrogen) atoms. The normalized spacial score (nSPS) is 13.2. The van der Waals surface area contributed by atoms with Crippen molar-refractivity contribution in [2.24, 2.45) is 0 Å². The van der Waals surface area contributed by atoms with Crippen molar-refractivity contribution in [2.75, 3.05) is 6.61 Å². The van der Waals surface area contributed by atoms with Crippen LogP contribution >= 0.6 is 0 Å². The Balaban J connectivity index is 2.59. The number of hydrogen-bond donors (Lipinski definition) is 2. The van der Waals surface area contributed by atoms with Gasteiger partial charge in [-0.2, -0.15) is 0 Å². The Hall–Kier alpha value is -0.870. The lowest BCUT2D eigenvalue weighted by atomic mass is 10.2. The number of hydrogen-bond acceptors (Lipinski definition) is 3. The van der Waals surface area contributed by atoms with Crippen molar-refractivity contribution in [1.82, 2.24) is 9.55 Å². The molecule has 0 fully saturated rings. The predicted molar refractivity (Wildman–Crippen MR) is 49.2 cm³/mol. The van der Waals surface area contributed by atoms with Crippen molar-refractivity contribution in [3.63, 3.8) is 0 Å². The molecule has 4 nitrogen and oxygen atoms in total. The Morgan fingerprint density at radius 1 is 1.62 bits per heavy atom. The van der Waals surface area contributed by atoms with Gasteiger partial charge in [0.15, 0.2) is 0 Å². The molecule has 0 amide bonds. The molecule has 0 saturated heterocycles. The summed E-state index contributed by atoms with van der Waals surface area (Å²) in [7, 11) is 0. The maximum Gasteiger partial charge on any atom is 0.137 e. The van der Waals surface area contributed by atoms with Crippen LogP contribution in [-0.2, 0) is 6.54 Å². The summed E-state index contributed by atoms with van der Waals surface area (Å²) in [6.07, 6.45) is 4.14. The molecule has 0 radical (unpaired) electrons. The Morgan fingerprint density at radius 3 is 3.00 bits per heavy atom. The SMILES string of the molecule is CCn1ccnc1C(O)CCCO. The number of imidazole rings is 1. The molecule has 74 valence electrons. The number of aromatic nitrogens is 2. The van der Waals surface area contributed by atoms with E-state index >= 15 is 0 Å². The van der Waals surface area contributed by atoms with Crippen molar-refractivity contribution in [2.45, 2.75) is 32.4 Å². The van der Waals surface area contributed by atoms with Crippen molar-refractivity contribution in [1.29, 1.82) is 0 Å². The minimum atomic E-state index is -0.554. The Kier molecular flexibility index (Phi) is 3.92. The van der Waals surface area contributed by atoms with E-state index in [0.29, 0.717) is 18.7 Å². The van der Waals surface area contributed by atoms with Gasteiger partial charge in [0.25, 0.3) is 0 Å². The first-order valence-electron chi connectivity index (χ1n) is 4.59. The first-order valence-corrected chi connectivity index (χ1v) is 4.59. The second-order valence-corrected chi connectivity index (χ2v) is 2.95. The van der Waals surface area contributed by atoms with Gasteiger partial charge in [0.1, 0.15) is 11.9 Å². The van der Waals surface area contributed by atoms with Gasteiger partial charge >= 0.3 is 0 Å². The van der Waals surface area contributed by atoms with Crippen molar-refractivity contribution in [3.8, 4) is 0 Å². The Bertz CT molecular complexity index is 248. The molecule has 0 aromatic carbocycles. The van der Waals surface area contributed by atoms with E-state index in [4.69, 9.17) is 5.11 Å². The predicted octanol–water partition coefficient (Wildman–Crippen LogP) is 0.709. The molecule has 0 saturated carbocycles. The highest BCUT2D eigenvalue weighted by atomic mass is 16.3. The van der Waals surface area contributed by atoms with Crippen LogP contribution in [0.3, 0.4) is 0 Å². The van der Waals surface area contributed by atoms with Crippen molar-refractivity contribution >= 4 is 0 Å². The van der Waals surface area contributed by atoms with E-state index < -0.39 is 6.10 Å². The van der Waals surface area contributed by atoms with Crippen LogP contribution in [-0.4, -0.2) is 26.4 Å². The van der Waals surface area contributed by atoms with Crippen LogP contribution in [0.5, 0.6) is 0 Å². The molecule has 1 heterocycles. The second-order valence-electron chi connectivity index (χ2n) is 2.95. The summed E-state index contributed by atoms with van der Waals surface area (Å²) in [5, 5.41) is 18.3. The largest absolute Gasteiger partial charge is 0.396 e. The molecular formula is C9H16N2O2. The Morgan fingerprint density at radius 2 is 2.38 bits per heavy atom. The zero-order valence-electron chi connectivity index (χ0n) is 7.85. The lowest BCUT2D eigenvalue weighted by molar-refractivity contribution is 0.139. The molecule has 1 aromatic heterocycles. The van der Waals surface area contributed by atoms with Gasteiger partial charge in [-0.3, -0.25) is 0 Å². The third kappa shape index (κ3) is 2.54. The molecule has 4 heteroatoms. The van der Waals surface area contributed by atoms with E-state index in [1.165, 1.54) is 0 Å². The maximum absolute atomic E-state index is 9.66. The third-order valence-corrected chi connectivity index (χ3v) is 2.02. The molecule has 2 N–H and O–H groups in total. The van der Waals surface area contributed by atoms with Crippen molar-refractivity contribution in [3.05, 3.63) is 18.2 Å². The first kappa shape index (κ1) is 10.2. The third-order valence-electron chi connectivity index (χ3n) is 2.02. The molecule has 0 spiro atoms. The number of aliphatic hydroxyl groups is 2. The van der Waals surface area contributed by atoms with Gasteiger partial charge < -0.3 is 14.8 Å². The standard InChI is InChI=1S/C9H16N2O2/c1-2-11-6-5-10-9(11)8(13)4-3-7-12/h5-6,8,12-13H,2-4,7H2,1H3. The van der Waals surface area contributed by atoms with Crippen LogP contribution in [0.2, 0.25) is 0 Å². The monoisotopic (exact) mass is 184 g/mol. The number of nitrogens with zero attached hydrogens (tertiary/aromatic N) is 2. The summed E-state index contributed by atoms with van der Waals surface area (Å²) < 4.78 is 1.90. The quantitative estimate of drug-likeness (QED) is 0.708. The fraction of sp³-hybridized carbons (Fsp3) is 0.667. The van der Waals surface area contributed by atoms with E-state index in [0.717, 1.165) is 6.54 Å². The lowest BCUT2D eigenvalue weighted by Gasteiger charge is -2.10. The number of aliphatic hydroxyl groups excluding tert-OH is 2. The average Bonchev–Trinajstić information content (AvgIpc) is 2.61. The van der Waals surface area contributed by atoms with Crippen LogP contribution in [0.4, 0.5) is 0 Å². The lowest BCUT2D eigenvalue weighted by Crippen LogP contribution is -2.08. The fourth-order valence-corrected chi connectivity index (χ4v) is 1.30. The van der Waals surface area contributed by atoms with Crippen LogP contribution in [0.15, 0.2) is 12.4 Å². The highest BCUT2D eigenvalue weighted by molar-refractivity contribution is 4.96. The summed E-state index contributed by atoms with van der Waals surface area (Å²) in [5.41, 5.74) is 0. The Labute approximate surface area is 77.8 Å². The molecule has 1 atom stereocenters. The van der Waals surface area contributed by atoms with Crippen LogP contribution in [0, 0.1) is 0 Å². The van der Waals surface area contributed by atoms with E-state index in [9.17, 15) is 5.11 Å². The highest BCUT2D eigenvalue weighted by Crippen LogP contribution is 2.15. The molecule has 1 unspecified atom stereocenters. The minimum absolute atomic E-state index is 0.115. The molecule has 0 bridgehead atoms. The zero-order valence-corrected chi connectivity index (χ0v) is 7.85. The summed E-state index contributed by atoms with van der Waals surface area (Å²) in [5.74, 6) is 0.691. The van der Waals surface area contributed by atoms with Gasteiger partial charge in [0.2, 0.25) is 0 Å². The summed E-state index contributed by atoms with van der Waals surface area (Å²) in [6.45, 7) is 2.93. The van der Waals surface area contributed by atoms with Crippen LogP contribution in [0.25, 0.3) is 0 Å². The molecule has 1 aromatic rings. The van der Waals surface area contributed by atoms with Crippen molar-refractivity contribution < 1.29 is 10.2 Å². The van der Waals surface area contributed by atoms with Crippen LogP contribution in [0.1, 0.15) is 31.7 Å². The van der Waals surface area contributed by atoms with E-state index in [2.05, 4.69) is 4.98 Å². The smallest absolute Gasteiger partial charge is 0.137 e. The van der Waals surface area contributed by atoms with E-state index in [1.54, 1.807) is 6.20 Å². The number of aryl methyl sites for hydroxylation is 1. The second kappa shape index (κ2) is 4.99. The van der Waals surface area contributed by atoms with Gasteiger partial charge in [-0.25, -0.2) is 4.98 Å². The first-order chi connectivity index (χ1) is 6.29. The zero-order chi connectivity index (χ0) is 9.68. The fourth-order valence-electron chi connectivity index (χ4n) is 1.30. The van der Waals surface area contributed by atoms with Crippen LogP contribution < -0.4 is 0 Å². The summed E-state index contributed by atoms with van der Waals surface area (Å²) in [6, 6.07) is 0. The van der Waals surface area contributed by atoms with Gasteiger partial charge in [0, 0.05) is 25.5 Å². The molecule has 0 aliphatic carbocycles.